The molecule has 0 radical (unpaired) electrons. The largest absolute Gasteiger partial charge is 0.466 e. The first-order valence-corrected chi connectivity index (χ1v) is 15.1. The summed E-state index contributed by atoms with van der Waals surface area (Å²) in [7, 11) is 0. The molecule has 4 heteroatoms. The highest BCUT2D eigenvalue weighted by atomic mass is 32.1. The second-order valence-electron chi connectivity index (χ2n) is 11.9. The molecule has 3 nitrogen and oxygen atoms in total. The minimum Gasteiger partial charge on any atom is -0.466 e. The van der Waals surface area contributed by atoms with E-state index in [0.29, 0.717) is 17.9 Å². The minimum absolute atomic E-state index is 0.0246. The zero-order valence-electron chi connectivity index (χ0n) is 25.0. The Morgan fingerprint density at radius 3 is 2.16 bits per heavy atom. The van der Waals surface area contributed by atoms with Crippen molar-refractivity contribution in [3.63, 3.8) is 0 Å². The Balaban J connectivity index is 1.88. The van der Waals surface area contributed by atoms with Crippen molar-refractivity contribution in [1.29, 1.82) is 0 Å². The molecule has 0 saturated carbocycles. The van der Waals surface area contributed by atoms with Crippen LogP contribution in [0.2, 0.25) is 0 Å². The molecule has 0 aliphatic rings. The van der Waals surface area contributed by atoms with Crippen LogP contribution in [0.25, 0.3) is 10.6 Å². The van der Waals surface area contributed by atoms with Gasteiger partial charge in [-0.2, -0.15) is 0 Å². The van der Waals surface area contributed by atoms with Crippen LogP contribution in [-0.2, 0) is 27.8 Å². The molecular weight excluding hydrogens is 486 g/mol. The first-order chi connectivity index (χ1) is 17.9. The minimum atomic E-state index is -0.225. The van der Waals surface area contributed by atoms with Crippen molar-refractivity contribution in [2.24, 2.45) is 11.3 Å². The van der Waals surface area contributed by atoms with Crippen LogP contribution in [0.4, 0.5) is 0 Å². The number of rotatable bonds is 11. The summed E-state index contributed by atoms with van der Waals surface area (Å²) in [5.41, 5.74) is 9.09. The van der Waals surface area contributed by atoms with Gasteiger partial charge in [0, 0.05) is 16.4 Å². The molecule has 0 aliphatic carbocycles. The van der Waals surface area contributed by atoms with Crippen LogP contribution in [0.15, 0.2) is 41.8 Å². The van der Waals surface area contributed by atoms with Crippen molar-refractivity contribution in [2.45, 2.75) is 99.8 Å². The molecule has 0 bridgehead atoms. The van der Waals surface area contributed by atoms with Crippen LogP contribution in [-0.4, -0.2) is 17.6 Å². The van der Waals surface area contributed by atoms with Crippen molar-refractivity contribution in [1.82, 2.24) is 4.98 Å². The normalized spacial score (nSPS) is 13.0. The molecule has 1 atom stereocenters. The number of hydrogen-bond acceptors (Lipinski definition) is 4. The van der Waals surface area contributed by atoms with E-state index in [4.69, 9.17) is 9.72 Å². The summed E-state index contributed by atoms with van der Waals surface area (Å²) < 4.78 is 5.08. The zero-order chi connectivity index (χ0) is 28.1. The quantitative estimate of drug-likeness (QED) is 0.231. The van der Waals surface area contributed by atoms with Gasteiger partial charge < -0.3 is 4.74 Å². The molecule has 1 aromatic heterocycles. The summed E-state index contributed by atoms with van der Waals surface area (Å²) in [5, 5.41) is 2.92. The highest BCUT2D eigenvalue weighted by Gasteiger charge is 2.31. The van der Waals surface area contributed by atoms with Gasteiger partial charge in [0.05, 0.1) is 18.7 Å². The molecule has 3 rings (SSSR count). The van der Waals surface area contributed by atoms with Gasteiger partial charge in [-0.15, -0.1) is 11.3 Å². The summed E-state index contributed by atoms with van der Waals surface area (Å²) in [4.78, 5) is 16.6. The van der Waals surface area contributed by atoms with Gasteiger partial charge >= 0.3 is 5.97 Å². The molecule has 206 valence electrons. The van der Waals surface area contributed by atoms with Crippen molar-refractivity contribution >= 4 is 17.3 Å². The third-order valence-corrected chi connectivity index (χ3v) is 9.54. The number of nitrogens with zero attached hydrogens (tertiary/aromatic N) is 1. The lowest BCUT2D eigenvalue weighted by Gasteiger charge is -2.34. The molecule has 0 saturated heterocycles. The van der Waals surface area contributed by atoms with Gasteiger partial charge in [0.25, 0.3) is 0 Å². The number of thiazole rings is 1. The fraction of sp³-hybridized carbons (Fsp3) is 0.529. The smallest absolute Gasteiger partial charge is 0.311 e. The van der Waals surface area contributed by atoms with Crippen molar-refractivity contribution in [3.05, 3.63) is 75.3 Å². The number of benzene rings is 2. The maximum absolute atomic E-state index is 11.9. The molecule has 2 aromatic carbocycles. The predicted octanol–water partition coefficient (Wildman–Crippen LogP) is 9.25. The summed E-state index contributed by atoms with van der Waals surface area (Å²) in [6.45, 7) is 20.7. The third-order valence-electron chi connectivity index (χ3n) is 8.62. The number of esters is 1. The van der Waals surface area contributed by atoms with E-state index < -0.39 is 0 Å². The number of hydrogen-bond donors (Lipinski definition) is 0. The lowest BCUT2D eigenvalue weighted by Crippen LogP contribution is -2.26. The van der Waals surface area contributed by atoms with E-state index in [1.165, 1.54) is 34.2 Å². The van der Waals surface area contributed by atoms with Crippen LogP contribution in [0.3, 0.4) is 0 Å². The molecule has 0 fully saturated rings. The molecule has 0 spiro atoms. The number of aryl methyl sites for hydroxylation is 3. The predicted molar refractivity (Wildman–Crippen MR) is 162 cm³/mol. The molecule has 0 amide bonds. The van der Waals surface area contributed by atoms with E-state index in [1.807, 2.05) is 12.3 Å². The van der Waals surface area contributed by atoms with Crippen LogP contribution >= 0.6 is 11.3 Å². The Morgan fingerprint density at radius 1 is 0.974 bits per heavy atom. The van der Waals surface area contributed by atoms with Crippen molar-refractivity contribution < 1.29 is 9.53 Å². The fourth-order valence-corrected chi connectivity index (χ4v) is 6.29. The Labute approximate surface area is 235 Å². The first-order valence-electron chi connectivity index (χ1n) is 14.3. The van der Waals surface area contributed by atoms with Gasteiger partial charge in [0.1, 0.15) is 5.01 Å². The second-order valence-corrected chi connectivity index (χ2v) is 12.7. The monoisotopic (exact) mass is 533 g/mol. The van der Waals surface area contributed by atoms with Gasteiger partial charge in [0.15, 0.2) is 0 Å². The molecule has 38 heavy (non-hydrogen) atoms. The highest BCUT2D eigenvalue weighted by molar-refractivity contribution is 7.13. The number of ether oxygens (including phenoxy) is 1. The Bertz CT molecular complexity index is 1230. The zero-order valence-corrected chi connectivity index (χ0v) is 25.8. The lowest BCUT2D eigenvalue weighted by atomic mass is 9.69. The van der Waals surface area contributed by atoms with Gasteiger partial charge in [0.2, 0.25) is 0 Å². The maximum atomic E-state index is 11.9. The molecule has 1 heterocycles. The van der Waals surface area contributed by atoms with E-state index >= 15 is 0 Å². The maximum Gasteiger partial charge on any atom is 0.311 e. The van der Waals surface area contributed by atoms with Crippen LogP contribution in [0, 0.1) is 25.2 Å². The summed E-state index contributed by atoms with van der Waals surface area (Å²) >= 11 is 1.59. The van der Waals surface area contributed by atoms with E-state index in [2.05, 4.69) is 91.8 Å². The first kappa shape index (κ1) is 30.1. The topological polar surface area (TPSA) is 39.2 Å². The molecule has 0 N–H and O–H groups in total. The molecule has 3 aromatic rings. The highest BCUT2D eigenvalue weighted by Crippen LogP contribution is 2.41. The third kappa shape index (κ3) is 6.75. The average Bonchev–Trinajstić information content (AvgIpc) is 3.32. The SMILES string of the molecule is CCOC(=O)Cc1csc(-c2ccc(C(CC)(CC)c3ccc(CC[C@H](C)C(C)(C)C)c(C)c3)cc2C)n1. The molecule has 0 aliphatic heterocycles. The summed E-state index contributed by atoms with van der Waals surface area (Å²) in [5.74, 6) is 0.463. The van der Waals surface area contributed by atoms with Crippen molar-refractivity contribution in [3.8, 4) is 10.6 Å². The molecule has 0 unspecified atom stereocenters. The van der Waals surface area contributed by atoms with Crippen LogP contribution < -0.4 is 0 Å². The Morgan fingerprint density at radius 2 is 1.61 bits per heavy atom. The number of aromatic nitrogens is 1. The van der Waals surface area contributed by atoms with E-state index in [0.717, 1.165) is 35.5 Å². The van der Waals surface area contributed by atoms with Gasteiger partial charge in [-0.25, -0.2) is 4.98 Å². The standard InChI is InChI=1S/C34H47NO2S/c1-10-34(11-2,27-16-15-26(23(4)19-27)14-13-25(6)33(7,8)9)28-17-18-30(24(5)20-28)32-35-29(22-38-32)21-31(36)37-12-3/h15-20,22,25H,10-14,21H2,1-9H3/t25-/m0/s1. The number of carbonyl (C=O) groups excluding carboxylic acids is 1. The molecular formula is C34H47NO2S. The number of carbonyl (C=O) groups is 1. The lowest BCUT2D eigenvalue weighted by molar-refractivity contribution is -0.142. The Hall–Kier alpha value is -2.46. The summed E-state index contributed by atoms with van der Waals surface area (Å²) in [6, 6.07) is 14.0. The van der Waals surface area contributed by atoms with Gasteiger partial charge in [-0.3, -0.25) is 4.79 Å². The van der Waals surface area contributed by atoms with Gasteiger partial charge in [-0.1, -0.05) is 77.9 Å². The second kappa shape index (κ2) is 12.6. The fourth-order valence-electron chi connectivity index (χ4n) is 5.39. The van der Waals surface area contributed by atoms with Crippen LogP contribution in [0.1, 0.15) is 101 Å². The van der Waals surface area contributed by atoms with E-state index in [9.17, 15) is 4.79 Å². The average molecular weight is 534 g/mol. The van der Waals surface area contributed by atoms with Crippen LogP contribution in [0.5, 0.6) is 0 Å². The van der Waals surface area contributed by atoms with E-state index in [-0.39, 0.29) is 17.8 Å². The van der Waals surface area contributed by atoms with Gasteiger partial charge in [-0.05, 0) is 85.6 Å². The summed E-state index contributed by atoms with van der Waals surface area (Å²) in [6.07, 6.45) is 4.66. The van der Waals surface area contributed by atoms with E-state index in [1.54, 1.807) is 11.3 Å². The van der Waals surface area contributed by atoms with Crippen molar-refractivity contribution in [2.75, 3.05) is 6.61 Å². The Kier molecular flexibility index (Phi) is 9.97.